The molecule has 10 nitrogen and oxygen atoms in total. The van der Waals surface area contributed by atoms with Crippen molar-refractivity contribution in [3.05, 3.63) is 52.5 Å². The second-order valence-corrected chi connectivity index (χ2v) is 11.1. The molecule has 2 N–H and O–H groups in total. The highest BCUT2D eigenvalue weighted by Crippen LogP contribution is 2.32. The Kier molecular flexibility index (Phi) is 7.36. The lowest BCUT2D eigenvalue weighted by molar-refractivity contribution is 0.0849. The van der Waals surface area contributed by atoms with Crippen molar-refractivity contribution in [1.29, 1.82) is 0 Å². The number of likely N-dealkylation sites (N-methyl/N-ethyl adjacent to an activating group) is 2. The van der Waals surface area contributed by atoms with Crippen molar-refractivity contribution in [2.24, 2.45) is 9.98 Å². The van der Waals surface area contributed by atoms with Crippen molar-refractivity contribution in [3.8, 4) is 0 Å². The van der Waals surface area contributed by atoms with Crippen LogP contribution >= 0.6 is 11.3 Å². The Morgan fingerprint density at radius 1 is 1.17 bits per heavy atom. The molecule has 2 aromatic rings. The molecule has 1 saturated heterocycles. The minimum Gasteiger partial charge on any atom is -0.393 e. The fourth-order valence-electron chi connectivity index (χ4n) is 4.02. The molecule has 1 aromatic carbocycles. The number of aliphatic hydroxyl groups excluding tert-OH is 1. The summed E-state index contributed by atoms with van der Waals surface area (Å²) < 4.78 is 27.2. The molecule has 35 heavy (non-hydrogen) atoms. The molecule has 186 valence electrons. The largest absolute Gasteiger partial charge is 0.393 e. The number of piperidine rings is 1. The van der Waals surface area contributed by atoms with E-state index < -0.39 is 16.1 Å². The Morgan fingerprint density at radius 3 is 2.51 bits per heavy atom. The number of hydrogen-bond donors (Lipinski definition) is 2. The number of thiophene rings is 1. The first-order valence-corrected chi connectivity index (χ1v) is 13.4. The third kappa shape index (κ3) is 5.01. The van der Waals surface area contributed by atoms with Gasteiger partial charge < -0.3 is 20.2 Å². The highest BCUT2D eigenvalue weighted by atomic mass is 32.2. The van der Waals surface area contributed by atoms with Gasteiger partial charge in [0.05, 0.1) is 22.9 Å². The molecule has 1 fully saturated rings. The van der Waals surface area contributed by atoms with Gasteiger partial charge in [-0.1, -0.05) is 0 Å². The fourth-order valence-corrected chi connectivity index (χ4v) is 6.39. The second-order valence-electron chi connectivity index (χ2n) is 8.23. The van der Waals surface area contributed by atoms with Crippen molar-refractivity contribution in [2.45, 2.75) is 23.8 Å². The molecule has 1 aromatic heterocycles. The number of fused-ring (bicyclic) bond motifs is 1. The van der Waals surface area contributed by atoms with E-state index in [2.05, 4.69) is 22.0 Å². The molecule has 0 radical (unpaired) electrons. The lowest BCUT2D eigenvalue weighted by Gasteiger charge is -2.28. The molecule has 2 aliphatic heterocycles. The van der Waals surface area contributed by atoms with Crippen molar-refractivity contribution < 1.29 is 18.3 Å². The summed E-state index contributed by atoms with van der Waals surface area (Å²) in [5, 5.41) is 14.7. The van der Waals surface area contributed by atoms with Gasteiger partial charge in [-0.15, -0.1) is 11.3 Å². The first-order chi connectivity index (χ1) is 16.7. The molecular weight excluding hydrogens is 488 g/mol. The smallest absolute Gasteiger partial charge is 0.270 e. The molecule has 4 rings (SSSR count). The van der Waals surface area contributed by atoms with Gasteiger partial charge in [-0.25, -0.2) is 13.4 Å². The molecule has 3 heterocycles. The number of sulfonamides is 1. The van der Waals surface area contributed by atoms with E-state index in [0.29, 0.717) is 48.0 Å². The van der Waals surface area contributed by atoms with Crippen molar-refractivity contribution >= 4 is 51.2 Å². The van der Waals surface area contributed by atoms with Gasteiger partial charge in [0, 0.05) is 32.9 Å². The average Bonchev–Trinajstić information content (AvgIpc) is 3.33. The van der Waals surface area contributed by atoms with Gasteiger partial charge >= 0.3 is 0 Å². The van der Waals surface area contributed by atoms with Crippen LogP contribution in [0.4, 0.5) is 11.4 Å². The predicted molar refractivity (Wildman–Crippen MR) is 139 cm³/mol. The van der Waals surface area contributed by atoms with Crippen molar-refractivity contribution in [3.63, 3.8) is 0 Å². The van der Waals surface area contributed by atoms with Gasteiger partial charge in [0.1, 0.15) is 17.2 Å². The number of rotatable bonds is 6. The van der Waals surface area contributed by atoms with Crippen LogP contribution in [0.5, 0.6) is 0 Å². The van der Waals surface area contributed by atoms with Crippen molar-refractivity contribution in [1.82, 2.24) is 9.21 Å². The number of amides is 1. The zero-order valence-corrected chi connectivity index (χ0v) is 21.2. The van der Waals surface area contributed by atoms with Gasteiger partial charge in [-0.05, 0) is 55.3 Å². The summed E-state index contributed by atoms with van der Waals surface area (Å²) in [5.41, 5.74) is 1.98. The minimum atomic E-state index is -3.60. The van der Waals surface area contributed by atoms with E-state index in [0.717, 1.165) is 5.69 Å². The summed E-state index contributed by atoms with van der Waals surface area (Å²) in [7, 11) is -0.0850. The maximum absolute atomic E-state index is 12.9. The van der Waals surface area contributed by atoms with E-state index in [4.69, 9.17) is 0 Å². The molecule has 0 unspecified atom stereocenters. The van der Waals surface area contributed by atoms with Gasteiger partial charge in [-0.2, -0.15) is 4.31 Å². The predicted octanol–water partition coefficient (Wildman–Crippen LogP) is 2.43. The Hall–Kier alpha value is -3.06. The van der Waals surface area contributed by atoms with Crippen LogP contribution in [0.15, 0.2) is 62.5 Å². The minimum absolute atomic E-state index is 0.144. The van der Waals surface area contributed by atoms with Crippen LogP contribution in [0, 0.1) is 0 Å². The number of aliphatic hydroxyl groups is 1. The number of carbonyl (C=O) groups excluding carboxylic acids is 1. The molecule has 0 atom stereocenters. The van der Waals surface area contributed by atoms with Gasteiger partial charge in [0.25, 0.3) is 5.91 Å². The maximum atomic E-state index is 12.9. The van der Waals surface area contributed by atoms with Crippen LogP contribution in [-0.4, -0.2) is 81.1 Å². The van der Waals surface area contributed by atoms with E-state index in [1.54, 1.807) is 31.3 Å². The molecular formula is C23H28N6O4S2. The number of aliphatic imine (C=N–C) groups is 2. The monoisotopic (exact) mass is 516 g/mol. The quantitative estimate of drug-likeness (QED) is 0.570. The topological polar surface area (TPSA) is 118 Å². The van der Waals surface area contributed by atoms with Crippen LogP contribution in [-0.2, 0) is 10.0 Å². The summed E-state index contributed by atoms with van der Waals surface area (Å²) in [5.74, 6) is 0.402. The third-order valence-electron chi connectivity index (χ3n) is 6.05. The molecule has 0 saturated carbocycles. The average molecular weight is 517 g/mol. The van der Waals surface area contributed by atoms with E-state index in [-0.39, 0.29) is 17.5 Å². The van der Waals surface area contributed by atoms with E-state index >= 15 is 0 Å². The first kappa shape index (κ1) is 25.0. The van der Waals surface area contributed by atoms with Crippen LogP contribution in [0.25, 0.3) is 0 Å². The van der Waals surface area contributed by atoms with Gasteiger partial charge in [0.15, 0.2) is 5.84 Å². The summed E-state index contributed by atoms with van der Waals surface area (Å²) in [6.45, 7) is 4.33. The number of hydrogen-bond acceptors (Lipinski definition) is 8. The first-order valence-electron chi connectivity index (χ1n) is 11.1. The van der Waals surface area contributed by atoms with Crippen LogP contribution in [0.2, 0.25) is 0 Å². The number of benzene rings is 1. The van der Waals surface area contributed by atoms with Crippen LogP contribution in [0.1, 0.15) is 22.5 Å². The summed E-state index contributed by atoms with van der Waals surface area (Å²) in [6.07, 6.45) is 1.95. The summed E-state index contributed by atoms with van der Waals surface area (Å²) in [6, 6.07) is 8.38. The lowest BCUT2D eigenvalue weighted by atomic mass is 10.1. The Bertz CT molecular complexity index is 1260. The zero-order chi connectivity index (χ0) is 25.2. The second kappa shape index (κ2) is 10.3. The molecule has 1 amide bonds. The zero-order valence-electron chi connectivity index (χ0n) is 19.6. The normalized spacial score (nSPS) is 20.3. The number of amidine groups is 1. The van der Waals surface area contributed by atoms with Crippen LogP contribution in [0.3, 0.4) is 0 Å². The summed E-state index contributed by atoms with van der Waals surface area (Å²) >= 11 is 1.37. The highest BCUT2D eigenvalue weighted by Gasteiger charge is 2.32. The maximum Gasteiger partial charge on any atom is 0.270 e. The van der Waals surface area contributed by atoms with E-state index in [1.807, 2.05) is 23.4 Å². The van der Waals surface area contributed by atoms with E-state index in [1.165, 1.54) is 26.7 Å². The van der Waals surface area contributed by atoms with Gasteiger partial charge in [-0.3, -0.25) is 9.79 Å². The Labute approximate surface area is 209 Å². The summed E-state index contributed by atoms with van der Waals surface area (Å²) in [4.78, 5) is 25.6. The number of anilines is 2. The molecule has 0 bridgehead atoms. The standard InChI is InChI=1S/C23H28N6O4S2/c1-24-14-20-22(27(2)19-10-13-34-21(19)23(31)28(20)3)26-15-25-16-4-6-18(7-5-16)35(32,33)29-11-8-17(30)9-12-29/h4-7,10,13-14,17,25,30H,1,8-9,11-12,15H2,2-3H3/b20-14+,26-22+. The van der Waals surface area contributed by atoms with Gasteiger partial charge in [0.2, 0.25) is 10.0 Å². The molecule has 2 aliphatic rings. The van der Waals surface area contributed by atoms with E-state index in [9.17, 15) is 18.3 Å². The number of carbonyl (C=O) groups is 1. The highest BCUT2D eigenvalue weighted by molar-refractivity contribution is 7.89. The third-order valence-corrected chi connectivity index (χ3v) is 8.86. The fraction of sp³-hybridized carbons (Fsp3) is 0.348. The van der Waals surface area contributed by atoms with Crippen molar-refractivity contribution in [2.75, 3.05) is 44.1 Å². The Balaban J connectivity index is 1.50. The number of nitrogens with zero attached hydrogens (tertiary/aromatic N) is 5. The molecule has 12 heteroatoms. The molecule has 0 spiro atoms. The number of nitrogens with one attached hydrogen (secondary N) is 1. The lowest BCUT2D eigenvalue weighted by Crippen LogP contribution is -2.39. The molecule has 0 aliphatic carbocycles. The SMILES string of the molecule is C=N/C=C1\C(=N/CNc2ccc(S(=O)(=O)N3CCC(O)CC3)cc2)N(C)c2ccsc2C(=O)N1C. The van der Waals surface area contributed by atoms with Crippen LogP contribution < -0.4 is 10.2 Å². The Morgan fingerprint density at radius 2 is 1.86 bits per heavy atom.